The summed E-state index contributed by atoms with van der Waals surface area (Å²) in [5, 5.41) is 10.4. The van der Waals surface area contributed by atoms with E-state index in [-0.39, 0.29) is 11.7 Å². The lowest BCUT2D eigenvalue weighted by molar-refractivity contribution is -0.116. The van der Waals surface area contributed by atoms with Gasteiger partial charge in [-0.1, -0.05) is 53.9 Å². The van der Waals surface area contributed by atoms with Gasteiger partial charge < -0.3 is 9.84 Å². The van der Waals surface area contributed by atoms with Gasteiger partial charge in [-0.05, 0) is 85.9 Å². The molecule has 4 saturated carbocycles. The number of epoxide rings is 1. The minimum absolute atomic E-state index is 0.0434. The van der Waals surface area contributed by atoms with E-state index in [0.717, 1.165) is 48.3 Å². The Kier molecular flexibility index (Phi) is 4.99. The molecule has 5 fully saturated rings. The Morgan fingerprint density at radius 3 is 2.52 bits per heavy atom. The van der Waals surface area contributed by atoms with Gasteiger partial charge >= 0.3 is 0 Å². The molecule has 0 aromatic rings. The third-order valence-electron chi connectivity index (χ3n) is 11.3. The summed E-state index contributed by atoms with van der Waals surface area (Å²) in [7, 11) is 0. The summed E-state index contributed by atoms with van der Waals surface area (Å²) in [6.07, 6.45) is 14.8. The van der Waals surface area contributed by atoms with Crippen molar-refractivity contribution < 1.29 is 9.84 Å². The van der Waals surface area contributed by atoms with Crippen LogP contribution in [-0.2, 0) is 4.74 Å². The molecule has 0 aromatic carbocycles. The topological polar surface area (TPSA) is 32.8 Å². The highest BCUT2D eigenvalue weighted by molar-refractivity contribution is 5.24. The van der Waals surface area contributed by atoms with Crippen molar-refractivity contribution in [2.24, 2.45) is 46.3 Å². The van der Waals surface area contributed by atoms with E-state index in [1.165, 1.54) is 57.8 Å². The molecule has 5 rings (SSSR count). The van der Waals surface area contributed by atoms with Gasteiger partial charge in [0.1, 0.15) is 5.60 Å². The standard InChI is InChI=1S/C27H46O2/c1-17(2)7-6-8-18(3)21-9-10-22-20-15-24-27(29-24)16-19(28)11-14-26(27,5)23(20)12-13-25(21,22)4/h17-24,28H,6-16H2,1-5H3/t18-,19+,20-,21+,22-,23-,24+,25-,26-,27+/m1/s1. The molecule has 0 radical (unpaired) electrons. The van der Waals surface area contributed by atoms with Crippen molar-refractivity contribution in [2.75, 3.05) is 0 Å². The first-order valence-electron chi connectivity index (χ1n) is 13.1. The Balaban J connectivity index is 1.33. The van der Waals surface area contributed by atoms with Crippen LogP contribution in [0, 0.1) is 46.3 Å². The first kappa shape index (κ1) is 20.8. The van der Waals surface area contributed by atoms with E-state index >= 15 is 0 Å². The van der Waals surface area contributed by atoms with Crippen LogP contribution >= 0.6 is 0 Å². The average Bonchev–Trinajstić information content (AvgIpc) is 3.22. The molecule has 10 atom stereocenters. The summed E-state index contributed by atoms with van der Waals surface area (Å²) in [5.41, 5.74) is 0.932. The highest BCUT2D eigenvalue weighted by Crippen LogP contribution is 2.74. The Bertz CT molecular complexity index is 630. The molecule has 1 spiro atoms. The Morgan fingerprint density at radius 2 is 1.76 bits per heavy atom. The monoisotopic (exact) mass is 402 g/mol. The van der Waals surface area contributed by atoms with Crippen LogP contribution in [0.5, 0.6) is 0 Å². The Morgan fingerprint density at radius 1 is 0.966 bits per heavy atom. The molecule has 2 nitrogen and oxygen atoms in total. The SMILES string of the molecule is CC(C)CCC[C@@H](C)[C@@H]1CC[C@@H]2[C@H]3C[C@@H]4O[C@@]45C[C@@H](O)CC[C@]5(C)[C@@H]3CC[C@@]21C. The second-order valence-electron chi connectivity index (χ2n) is 13.0. The number of rotatable bonds is 5. The lowest BCUT2D eigenvalue weighted by Crippen LogP contribution is -2.58. The minimum atomic E-state index is -0.124. The van der Waals surface area contributed by atoms with Gasteiger partial charge in [-0.3, -0.25) is 0 Å². The van der Waals surface area contributed by atoms with Crippen LogP contribution in [0.4, 0.5) is 0 Å². The van der Waals surface area contributed by atoms with Crippen LogP contribution < -0.4 is 0 Å². The van der Waals surface area contributed by atoms with Gasteiger partial charge in [0.25, 0.3) is 0 Å². The molecule has 0 unspecified atom stereocenters. The normalized spacial score (nSPS) is 54.3. The van der Waals surface area contributed by atoms with Crippen LogP contribution in [0.25, 0.3) is 0 Å². The molecule has 5 aliphatic rings. The zero-order valence-corrected chi connectivity index (χ0v) is 19.8. The fourth-order valence-electron chi connectivity index (χ4n) is 9.68. The number of ether oxygens (including phenoxy) is 1. The van der Waals surface area contributed by atoms with E-state index in [0.29, 0.717) is 16.9 Å². The molecule has 1 saturated heterocycles. The molecule has 166 valence electrons. The molecule has 0 bridgehead atoms. The quantitative estimate of drug-likeness (QED) is 0.525. The fourth-order valence-corrected chi connectivity index (χ4v) is 9.68. The molecular formula is C27H46O2. The highest BCUT2D eigenvalue weighted by atomic mass is 16.6. The third-order valence-corrected chi connectivity index (χ3v) is 11.3. The summed E-state index contributed by atoms with van der Waals surface area (Å²) in [5.74, 6) is 5.31. The van der Waals surface area contributed by atoms with Crippen molar-refractivity contribution in [3.05, 3.63) is 0 Å². The van der Waals surface area contributed by atoms with Crippen LogP contribution in [0.2, 0.25) is 0 Å². The molecule has 29 heavy (non-hydrogen) atoms. The van der Waals surface area contributed by atoms with Gasteiger partial charge in [0, 0.05) is 11.8 Å². The number of hydrogen-bond donors (Lipinski definition) is 1. The maximum absolute atomic E-state index is 10.4. The summed E-state index contributed by atoms with van der Waals surface area (Å²) in [4.78, 5) is 0. The first-order chi connectivity index (χ1) is 13.7. The third kappa shape index (κ3) is 2.94. The lowest BCUT2D eigenvalue weighted by Gasteiger charge is -2.59. The number of hydrogen-bond acceptors (Lipinski definition) is 2. The van der Waals surface area contributed by atoms with E-state index in [2.05, 4.69) is 34.6 Å². The van der Waals surface area contributed by atoms with Gasteiger partial charge in [-0.2, -0.15) is 0 Å². The van der Waals surface area contributed by atoms with Gasteiger partial charge in [0.2, 0.25) is 0 Å². The molecule has 1 aliphatic heterocycles. The summed E-state index contributed by atoms with van der Waals surface area (Å²) >= 11 is 0. The largest absolute Gasteiger partial charge is 0.393 e. The molecule has 4 aliphatic carbocycles. The van der Waals surface area contributed by atoms with E-state index in [4.69, 9.17) is 4.74 Å². The summed E-state index contributed by atoms with van der Waals surface area (Å²) < 4.78 is 6.51. The smallest absolute Gasteiger partial charge is 0.103 e. The maximum Gasteiger partial charge on any atom is 0.103 e. The maximum atomic E-state index is 10.4. The Hall–Kier alpha value is -0.0800. The van der Waals surface area contributed by atoms with Crippen molar-refractivity contribution in [1.29, 1.82) is 0 Å². The second kappa shape index (κ2) is 6.96. The average molecular weight is 403 g/mol. The molecule has 1 N–H and O–H groups in total. The molecule has 0 amide bonds. The van der Waals surface area contributed by atoms with E-state index in [1.807, 2.05) is 0 Å². The molecule has 0 aromatic heterocycles. The van der Waals surface area contributed by atoms with E-state index < -0.39 is 0 Å². The zero-order valence-electron chi connectivity index (χ0n) is 19.8. The molecule has 1 heterocycles. The predicted molar refractivity (Wildman–Crippen MR) is 119 cm³/mol. The van der Waals surface area contributed by atoms with Gasteiger partial charge in [-0.15, -0.1) is 0 Å². The zero-order chi connectivity index (χ0) is 20.6. The summed E-state index contributed by atoms with van der Waals surface area (Å²) in [6.45, 7) is 12.6. The van der Waals surface area contributed by atoms with Crippen LogP contribution in [-0.4, -0.2) is 22.9 Å². The number of aliphatic hydroxyl groups is 1. The van der Waals surface area contributed by atoms with E-state index in [9.17, 15) is 5.11 Å². The van der Waals surface area contributed by atoms with Crippen molar-refractivity contribution in [2.45, 2.75) is 123 Å². The van der Waals surface area contributed by atoms with Crippen LogP contribution in [0.3, 0.4) is 0 Å². The second-order valence-corrected chi connectivity index (χ2v) is 13.0. The predicted octanol–water partition coefficient (Wildman–Crippen LogP) is 6.60. The molecular weight excluding hydrogens is 356 g/mol. The fraction of sp³-hybridized carbons (Fsp3) is 1.00. The van der Waals surface area contributed by atoms with Crippen molar-refractivity contribution in [3.63, 3.8) is 0 Å². The van der Waals surface area contributed by atoms with Crippen molar-refractivity contribution in [1.82, 2.24) is 0 Å². The van der Waals surface area contributed by atoms with E-state index in [1.54, 1.807) is 0 Å². The van der Waals surface area contributed by atoms with Gasteiger partial charge in [-0.25, -0.2) is 0 Å². The van der Waals surface area contributed by atoms with Gasteiger partial charge in [0.15, 0.2) is 0 Å². The number of fused-ring (bicyclic) bond motifs is 4. The van der Waals surface area contributed by atoms with Crippen LogP contribution in [0.15, 0.2) is 0 Å². The molecule has 2 heteroatoms. The lowest BCUT2D eigenvalue weighted by atomic mass is 9.44. The van der Waals surface area contributed by atoms with Crippen LogP contribution in [0.1, 0.15) is 105 Å². The Labute approximate surface area is 179 Å². The number of aliphatic hydroxyl groups excluding tert-OH is 1. The van der Waals surface area contributed by atoms with Gasteiger partial charge in [0.05, 0.1) is 12.2 Å². The van der Waals surface area contributed by atoms with Crippen molar-refractivity contribution in [3.8, 4) is 0 Å². The van der Waals surface area contributed by atoms with Crippen molar-refractivity contribution >= 4 is 0 Å². The summed E-state index contributed by atoms with van der Waals surface area (Å²) in [6, 6.07) is 0. The first-order valence-corrected chi connectivity index (χ1v) is 13.1. The minimum Gasteiger partial charge on any atom is -0.393 e. The highest BCUT2D eigenvalue weighted by Gasteiger charge is 2.76.